The van der Waals surface area contributed by atoms with Crippen molar-refractivity contribution in [1.29, 1.82) is 0 Å². The van der Waals surface area contributed by atoms with Crippen LogP contribution in [-0.4, -0.2) is 30.0 Å². The van der Waals surface area contributed by atoms with Gasteiger partial charge in [-0.15, -0.1) is 0 Å². The number of nitrogens with zero attached hydrogens (tertiary/aromatic N) is 1. The van der Waals surface area contributed by atoms with E-state index < -0.39 is 23.4 Å². The zero-order valence-corrected chi connectivity index (χ0v) is 14.6. The van der Waals surface area contributed by atoms with Crippen molar-refractivity contribution in [2.45, 2.75) is 6.92 Å². The molecule has 1 amide bonds. The fourth-order valence-corrected chi connectivity index (χ4v) is 2.09. The van der Waals surface area contributed by atoms with Gasteiger partial charge in [0, 0.05) is 23.9 Å². The molecule has 2 aromatic rings. The van der Waals surface area contributed by atoms with E-state index in [0.717, 1.165) is 6.08 Å². The van der Waals surface area contributed by atoms with Crippen molar-refractivity contribution in [3.63, 3.8) is 0 Å². The second kappa shape index (κ2) is 9.71. The second-order valence-electron chi connectivity index (χ2n) is 5.30. The third-order valence-electron chi connectivity index (χ3n) is 3.29. The number of anilines is 1. The maximum absolute atomic E-state index is 11.8. The number of nitrogens with one attached hydrogen (secondary N) is 1. The molecule has 1 N–H and O–H groups in total. The molecule has 0 aliphatic heterocycles. The molecule has 0 bridgehead atoms. The first-order valence-electron chi connectivity index (χ1n) is 8.10. The molecule has 8 nitrogen and oxygen atoms in total. The van der Waals surface area contributed by atoms with Crippen molar-refractivity contribution in [2.24, 2.45) is 0 Å². The average molecular weight is 370 g/mol. The number of esters is 1. The number of nitro groups is 1. The molecule has 0 unspecified atom stereocenters. The van der Waals surface area contributed by atoms with Gasteiger partial charge in [-0.3, -0.25) is 14.9 Å². The molecule has 0 radical (unpaired) electrons. The van der Waals surface area contributed by atoms with E-state index in [9.17, 15) is 19.7 Å². The molecule has 140 valence electrons. The average Bonchev–Trinajstić information content (AvgIpc) is 2.66. The number of ether oxygens (including phenoxy) is 2. The van der Waals surface area contributed by atoms with Crippen molar-refractivity contribution in [3.8, 4) is 5.75 Å². The van der Waals surface area contributed by atoms with Gasteiger partial charge in [0.15, 0.2) is 6.61 Å². The molecular formula is C19H18N2O6. The predicted octanol–water partition coefficient (Wildman–Crippen LogP) is 3.19. The minimum absolute atomic E-state index is 0.0831. The van der Waals surface area contributed by atoms with E-state index >= 15 is 0 Å². The highest BCUT2D eigenvalue weighted by atomic mass is 16.6. The minimum Gasteiger partial charge on any atom is -0.494 e. The molecule has 0 aliphatic rings. The lowest BCUT2D eigenvalue weighted by molar-refractivity contribution is -0.384. The summed E-state index contributed by atoms with van der Waals surface area (Å²) in [5.41, 5.74) is 0.937. The van der Waals surface area contributed by atoms with Crippen LogP contribution < -0.4 is 10.1 Å². The van der Waals surface area contributed by atoms with Crippen LogP contribution in [0.4, 0.5) is 11.4 Å². The fraction of sp³-hybridized carbons (Fsp3) is 0.158. The largest absolute Gasteiger partial charge is 0.494 e. The van der Waals surface area contributed by atoms with Gasteiger partial charge in [-0.25, -0.2) is 4.79 Å². The Morgan fingerprint density at radius 1 is 1.19 bits per heavy atom. The van der Waals surface area contributed by atoms with Crippen molar-refractivity contribution in [3.05, 3.63) is 70.3 Å². The number of carbonyl (C=O) groups excluding carboxylic acids is 2. The Hall–Kier alpha value is -3.68. The number of non-ortho nitro benzene ring substituents is 1. The van der Waals surface area contributed by atoms with Gasteiger partial charge in [0.05, 0.1) is 11.5 Å². The van der Waals surface area contributed by atoms with E-state index in [1.807, 2.05) is 6.92 Å². The minimum atomic E-state index is -0.733. The van der Waals surface area contributed by atoms with E-state index in [1.165, 1.54) is 24.3 Å². The van der Waals surface area contributed by atoms with E-state index in [0.29, 0.717) is 23.6 Å². The van der Waals surface area contributed by atoms with E-state index in [1.54, 1.807) is 30.3 Å². The number of carbonyl (C=O) groups is 2. The van der Waals surface area contributed by atoms with Crippen molar-refractivity contribution < 1.29 is 24.0 Å². The normalized spacial score (nSPS) is 10.4. The number of hydrogen-bond donors (Lipinski definition) is 1. The summed E-state index contributed by atoms with van der Waals surface area (Å²) in [6, 6.07) is 12.6. The molecule has 2 rings (SSSR count). The molecular weight excluding hydrogens is 352 g/mol. The lowest BCUT2D eigenvalue weighted by atomic mass is 10.2. The van der Waals surface area contributed by atoms with Crippen molar-refractivity contribution in [1.82, 2.24) is 0 Å². The van der Waals surface area contributed by atoms with Crippen LogP contribution in [0, 0.1) is 10.1 Å². The summed E-state index contributed by atoms with van der Waals surface area (Å²) < 4.78 is 10.1. The van der Waals surface area contributed by atoms with E-state index in [4.69, 9.17) is 9.47 Å². The highest BCUT2D eigenvalue weighted by Gasteiger charge is 2.07. The maximum Gasteiger partial charge on any atom is 0.331 e. The van der Waals surface area contributed by atoms with Gasteiger partial charge in [0.25, 0.3) is 11.6 Å². The van der Waals surface area contributed by atoms with Gasteiger partial charge in [-0.1, -0.05) is 12.1 Å². The Kier molecular flexibility index (Phi) is 7.07. The number of amides is 1. The van der Waals surface area contributed by atoms with Crippen LogP contribution in [0.25, 0.3) is 6.08 Å². The van der Waals surface area contributed by atoms with Crippen LogP contribution in [0.5, 0.6) is 5.75 Å². The molecule has 0 aliphatic carbocycles. The zero-order chi connectivity index (χ0) is 19.6. The summed E-state index contributed by atoms with van der Waals surface area (Å²) in [5, 5.41) is 13.3. The predicted molar refractivity (Wildman–Crippen MR) is 99.3 cm³/mol. The monoisotopic (exact) mass is 370 g/mol. The molecule has 2 aromatic carbocycles. The highest BCUT2D eigenvalue weighted by Crippen LogP contribution is 2.16. The van der Waals surface area contributed by atoms with Crippen LogP contribution in [0.1, 0.15) is 12.5 Å². The first-order chi connectivity index (χ1) is 13.0. The third kappa shape index (κ3) is 6.62. The summed E-state index contributed by atoms with van der Waals surface area (Å²) >= 11 is 0. The molecule has 0 saturated heterocycles. The van der Waals surface area contributed by atoms with Gasteiger partial charge in [0.1, 0.15) is 5.75 Å². The number of hydrogen-bond acceptors (Lipinski definition) is 6. The van der Waals surface area contributed by atoms with Gasteiger partial charge in [0.2, 0.25) is 0 Å². The zero-order valence-electron chi connectivity index (χ0n) is 14.6. The summed E-state index contributed by atoms with van der Waals surface area (Å²) in [6.07, 6.45) is 2.48. The van der Waals surface area contributed by atoms with Gasteiger partial charge in [-0.2, -0.15) is 0 Å². The molecule has 0 aromatic heterocycles. The van der Waals surface area contributed by atoms with Gasteiger partial charge >= 0.3 is 5.97 Å². The summed E-state index contributed by atoms with van der Waals surface area (Å²) in [5.74, 6) is -0.534. The van der Waals surface area contributed by atoms with Crippen LogP contribution in [-0.2, 0) is 14.3 Å². The Morgan fingerprint density at radius 2 is 1.93 bits per heavy atom. The SMILES string of the molecule is CCOc1ccc(NC(=O)COC(=O)/C=C/c2cccc([N+](=O)[O-])c2)cc1. The van der Waals surface area contributed by atoms with Gasteiger partial charge < -0.3 is 14.8 Å². The summed E-state index contributed by atoms with van der Waals surface area (Å²) in [4.78, 5) is 33.7. The standard InChI is InChI=1S/C19H18N2O6/c1-2-26-17-9-7-15(8-10-17)20-18(22)13-27-19(23)11-6-14-4-3-5-16(12-14)21(24)25/h3-12H,2,13H2,1H3,(H,20,22)/b11-6+. The highest BCUT2D eigenvalue weighted by molar-refractivity contribution is 5.94. The third-order valence-corrected chi connectivity index (χ3v) is 3.29. The van der Waals surface area contributed by atoms with Crippen molar-refractivity contribution >= 4 is 29.3 Å². The van der Waals surface area contributed by atoms with Crippen LogP contribution >= 0.6 is 0 Å². The first kappa shape index (κ1) is 19.6. The maximum atomic E-state index is 11.8. The molecule has 0 atom stereocenters. The number of benzene rings is 2. The lowest BCUT2D eigenvalue weighted by Crippen LogP contribution is -2.20. The lowest BCUT2D eigenvalue weighted by Gasteiger charge is -2.07. The fourth-order valence-electron chi connectivity index (χ4n) is 2.09. The van der Waals surface area contributed by atoms with Crippen molar-refractivity contribution in [2.75, 3.05) is 18.5 Å². The quantitative estimate of drug-likeness (QED) is 0.331. The van der Waals surface area contributed by atoms with E-state index in [2.05, 4.69) is 5.32 Å². The molecule has 0 spiro atoms. The molecule has 8 heteroatoms. The van der Waals surface area contributed by atoms with Crippen LogP contribution in [0.3, 0.4) is 0 Å². The summed E-state index contributed by atoms with van der Waals surface area (Å²) in [7, 11) is 0. The summed E-state index contributed by atoms with van der Waals surface area (Å²) in [6.45, 7) is 1.97. The van der Waals surface area contributed by atoms with Crippen LogP contribution in [0.2, 0.25) is 0 Å². The van der Waals surface area contributed by atoms with Crippen LogP contribution in [0.15, 0.2) is 54.6 Å². The second-order valence-corrected chi connectivity index (χ2v) is 5.30. The first-order valence-corrected chi connectivity index (χ1v) is 8.10. The molecule has 0 saturated carbocycles. The van der Waals surface area contributed by atoms with Gasteiger partial charge in [-0.05, 0) is 42.8 Å². The molecule has 27 heavy (non-hydrogen) atoms. The number of nitro benzene ring substituents is 1. The topological polar surface area (TPSA) is 108 Å². The molecule has 0 fully saturated rings. The smallest absolute Gasteiger partial charge is 0.331 e. The Morgan fingerprint density at radius 3 is 2.59 bits per heavy atom. The van der Waals surface area contributed by atoms with E-state index in [-0.39, 0.29) is 5.69 Å². The Bertz CT molecular complexity index is 846. The molecule has 0 heterocycles. The Labute approximate surface area is 155 Å². The Balaban J connectivity index is 1.81. The number of rotatable bonds is 8.